The van der Waals surface area contributed by atoms with Crippen LogP contribution in [0.25, 0.3) is 53.9 Å². The molecule has 0 aliphatic carbocycles. The van der Waals surface area contributed by atoms with E-state index in [1.807, 2.05) is 0 Å². The molecular formula is C46H60O8Si4. The summed E-state index contributed by atoms with van der Waals surface area (Å²) in [6.45, 7) is 35.1. The summed E-state index contributed by atoms with van der Waals surface area (Å²) in [4.78, 5) is 59.0. The molecule has 0 radical (unpaired) electrons. The van der Waals surface area contributed by atoms with Crippen molar-refractivity contribution in [2.24, 2.45) is 0 Å². The van der Waals surface area contributed by atoms with Gasteiger partial charge in [0.25, 0.3) is 0 Å². The molecule has 12 heteroatoms. The predicted octanol–water partition coefficient (Wildman–Crippen LogP) is 9.22. The molecular weight excluding hydrogens is 793 g/mol. The first kappa shape index (κ1) is 43.5. The largest absolute Gasteiger partial charge is 0.462 e. The van der Waals surface area contributed by atoms with Gasteiger partial charge in [-0.2, -0.15) is 0 Å². The third kappa shape index (κ3) is 6.87. The third-order valence-corrected chi connectivity index (χ3v) is 19.9. The maximum atomic E-state index is 14.7. The van der Waals surface area contributed by atoms with Gasteiger partial charge in [0.2, 0.25) is 0 Å². The number of hydrogen-bond donors (Lipinski definition) is 0. The average Bonchev–Trinajstić information content (AvgIpc) is 3.09. The topological polar surface area (TPSA) is 105 Å². The minimum Gasteiger partial charge on any atom is -0.462 e. The Morgan fingerprint density at radius 3 is 0.655 bits per heavy atom. The van der Waals surface area contributed by atoms with Crippen molar-refractivity contribution >= 4 is 131 Å². The number of esters is 4. The van der Waals surface area contributed by atoms with Crippen LogP contribution >= 0.6 is 0 Å². The minimum absolute atomic E-state index is 0.0720. The molecule has 0 N–H and O–H groups in total. The molecule has 8 nitrogen and oxygen atoms in total. The van der Waals surface area contributed by atoms with Crippen molar-refractivity contribution in [1.82, 2.24) is 0 Å². The van der Waals surface area contributed by atoms with Crippen molar-refractivity contribution in [2.75, 3.05) is 26.4 Å². The molecule has 0 saturated carbocycles. The highest BCUT2D eigenvalue weighted by Gasteiger charge is 2.41. The Labute approximate surface area is 346 Å². The van der Waals surface area contributed by atoms with Gasteiger partial charge in [-0.05, 0) is 49.2 Å². The molecule has 0 spiro atoms. The Morgan fingerprint density at radius 1 is 0.345 bits per heavy atom. The summed E-state index contributed by atoms with van der Waals surface area (Å²) >= 11 is 0. The predicted molar refractivity (Wildman–Crippen MR) is 252 cm³/mol. The molecule has 58 heavy (non-hydrogen) atoms. The van der Waals surface area contributed by atoms with Crippen molar-refractivity contribution in [1.29, 1.82) is 0 Å². The maximum Gasteiger partial charge on any atom is 0.339 e. The van der Waals surface area contributed by atoms with Crippen LogP contribution in [0.4, 0.5) is 0 Å². The SMILES string of the molecule is CCOC(=O)c1c2c(C(=O)OCC)c3c4cc([Si](C)(C)C)c([Si](C)(C)C)cc4c3c(C(=O)OCC)c2c(C(=O)OCC)c2c3cc([Si](C)(C)C)c([Si](C)(C)C)cc3c12. The number of fused-ring (bicyclic) bond motifs is 9. The van der Waals surface area contributed by atoms with Crippen LogP contribution in [0.3, 0.4) is 0 Å². The molecule has 0 bridgehead atoms. The van der Waals surface area contributed by atoms with E-state index in [2.05, 4.69) is 103 Å². The molecule has 0 saturated heterocycles. The summed E-state index contributed by atoms with van der Waals surface area (Å²) in [7, 11) is -7.81. The van der Waals surface area contributed by atoms with Crippen LogP contribution < -0.4 is 20.7 Å². The summed E-state index contributed by atoms with van der Waals surface area (Å²) in [5.41, 5.74) is 0.569. The van der Waals surface area contributed by atoms with Crippen LogP contribution in [0.1, 0.15) is 69.1 Å². The van der Waals surface area contributed by atoms with Crippen LogP contribution in [0.15, 0.2) is 24.3 Å². The lowest BCUT2D eigenvalue weighted by atomic mass is 9.76. The fraction of sp³-hybridized carbons (Fsp3) is 0.435. The minimum atomic E-state index is -1.95. The summed E-state index contributed by atoms with van der Waals surface area (Å²) in [6, 6.07) is 8.86. The lowest BCUT2D eigenvalue weighted by Gasteiger charge is -2.32. The molecule has 0 amide bonds. The van der Waals surface area contributed by atoms with Gasteiger partial charge in [-0.15, -0.1) is 0 Å². The lowest BCUT2D eigenvalue weighted by molar-refractivity contribution is 0.0509. The van der Waals surface area contributed by atoms with Gasteiger partial charge in [0.05, 0.1) is 81.0 Å². The lowest BCUT2D eigenvalue weighted by Crippen LogP contribution is -2.56. The summed E-state index contributed by atoms with van der Waals surface area (Å²) in [6.07, 6.45) is 0. The van der Waals surface area contributed by atoms with E-state index in [-0.39, 0.29) is 59.5 Å². The number of benzene rings is 4. The molecule has 0 aromatic heterocycles. The summed E-state index contributed by atoms with van der Waals surface area (Å²) in [5.74, 6) is -2.59. The van der Waals surface area contributed by atoms with E-state index in [9.17, 15) is 19.2 Å². The monoisotopic (exact) mass is 852 g/mol. The van der Waals surface area contributed by atoms with E-state index in [1.54, 1.807) is 27.7 Å². The molecule has 308 valence electrons. The fourth-order valence-corrected chi connectivity index (χ4v) is 19.2. The zero-order valence-electron chi connectivity index (χ0n) is 37.4. The average molecular weight is 853 g/mol. The molecule has 6 aromatic rings. The fourth-order valence-electron chi connectivity index (χ4n) is 8.84. The van der Waals surface area contributed by atoms with Crippen LogP contribution in [-0.4, -0.2) is 82.6 Å². The molecule has 0 atom stereocenters. The number of carbonyl (C=O) groups excluding carboxylic acids is 4. The third-order valence-electron chi connectivity index (χ3n) is 11.3. The molecule has 6 rings (SSSR count). The zero-order chi connectivity index (χ0) is 43.2. The van der Waals surface area contributed by atoms with Gasteiger partial charge >= 0.3 is 23.9 Å². The van der Waals surface area contributed by atoms with Crippen LogP contribution in [0.5, 0.6) is 0 Å². The van der Waals surface area contributed by atoms with Crippen molar-refractivity contribution in [3.63, 3.8) is 0 Å². The van der Waals surface area contributed by atoms with Gasteiger partial charge in [-0.25, -0.2) is 19.2 Å². The Morgan fingerprint density at radius 2 is 0.517 bits per heavy atom. The highest BCUT2D eigenvalue weighted by molar-refractivity contribution is 6.99. The van der Waals surface area contributed by atoms with E-state index >= 15 is 0 Å². The number of rotatable bonds is 12. The first-order chi connectivity index (χ1) is 26.9. The normalized spacial score (nSPS) is 13.0. The zero-order valence-corrected chi connectivity index (χ0v) is 41.4. The smallest absolute Gasteiger partial charge is 0.339 e. The highest BCUT2D eigenvalue weighted by atomic mass is 28.3. The van der Waals surface area contributed by atoms with E-state index in [0.717, 1.165) is 21.5 Å². The van der Waals surface area contributed by atoms with Crippen LogP contribution in [0.2, 0.25) is 78.6 Å². The van der Waals surface area contributed by atoms with E-state index in [4.69, 9.17) is 18.9 Å². The molecule has 0 aliphatic rings. The quantitative estimate of drug-likeness (QED) is 0.0682. The first-order valence-corrected chi connectivity index (χ1v) is 34.7. The Hall–Kier alpha value is -4.11. The van der Waals surface area contributed by atoms with Gasteiger partial charge < -0.3 is 18.9 Å². The molecule has 6 aromatic carbocycles. The molecule has 0 aliphatic heterocycles. The summed E-state index contributed by atoms with van der Waals surface area (Å²) in [5, 5.41) is 10.9. The Bertz CT molecular complexity index is 2310. The van der Waals surface area contributed by atoms with Crippen molar-refractivity contribution in [2.45, 2.75) is 106 Å². The number of hydrogen-bond acceptors (Lipinski definition) is 8. The molecule has 0 fully saturated rings. The van der Waals surface area contributed by atoms with E-state index < -0.39 is 56.2 Å². The van der Waals surface area contributed by atoms with Crippen molar-refractivity contribution < 1.29 is 38.1 Å². The highest BCUT2D eigenvalue weighted by Crippen LogP contribution is 2.52. The second-order valence-electron chi connectivity index (χ2n) is 19.5. The van der Waals surface area contributed by atoms with Gasteiger partial charge in [-0.1, -0.05) is 124 Å². The standard InChI is InChI=1S/C46H60O8Si4/c1-17-51-43(47)39-33-25-21-29(55(5,6)7)30(56(8,9)10)22-26(25)34(33)41(45(49)53-19-3)38-37(39)40(44(48)52-18-2)35-27-23-31(57(11,12)13)32(58(14,15)16)24-28(27)36(35)42(38)46(50)54-20-4/h21-24H,17-20H2,1-16H3. The number of ether oxygens (including phenoxy) is 4. The maximum absolute atomic E-state index is 14.7. The molecule has 0 unspecified atom stereocenters. The van der Waals surface area contributed by atoms with Gasteiger partial charge in [-0.3, -0.25) is 0 Å². The van der Waals surface area contributed by atoms with Gasteiger partial charge in [0.15, 0.2) is 0 Å². The van der Waals surface area contributed by atoms with Gasteiger partial charge in [0, 0.05) is 32.3 Å². The van der Waals surface area contributed by atoms with Crippen LogP contribution in [0, 0.1) is 0 Å². The Balaban J connectivity index is 2.07. The van der Waals surface area contributed by atoms with Crippen molar-refractivity contribution in [3.05, 3.63) is 46.5 Å². The summed E-state index contributed by atoms with van der Waals surface area (Å²) < 4.78 is 23.5. The van der Waals surface area contributed by atoms with Gasteiger partial charge in [0.1, 0.15) is 0 Å². The molecule has 0 heterocycles. The van der Waals surface area contributed by atoms with Crippen molar-refractivity contribution in [3.8, 4) is 0 Å². The van der Waals surface area contributed by atoms with Crippen LogP contribution in [-0.2, 0) is 18.9 Å². The number of carbonyl (C=O) groups is 4. The first-order valence-electron chi connectivity index (χ1n) is 20.7. The van der Waals surface area contributed by atoms with E-state index in [0.29, 0.717) is 21.5 Å². The van der Waals surface area contributed by atoms with E-state index in [1.165, 1.54) is 20.7 Å². The Kier molecular flexibility index (Phi) is 11.1. The second kappa shape index (κ2) is 14.9. The second-order valence-corrected chi connectivity index (χ2v) is 39.7.